The Morgan fingerprint density at radius 2 is 1.59 bits per heavy atom. The Morgan fingerprint density at radius 1 is 0.897 bits per heavy atom. The van der Waals surface area contributed by atoms with Crippen LogP contribution in [0.1, 0.15) is 76.5 Å². The van der Waals surface area contributed by atoms with E-state index in [4.69, 9.17) is 4.74 Å². The summed E-state index contributed by atoms with van der Waals surface area (Å²) in [6, 6.07) is 7.94. The molecule has 0 unspecified atom stereocenters. The number of rotatable bonds is 10. The second-order valence-electron chi connectivity index (χ2n) is 6.63. The Kier molecular flexibility index (Phi) is 7.77. The summed E-state index contributed by atoms with van der Waals surface area (Å²) in [6.07, 6.45) is 4.56. The molecular weight excluding hydrogens is 376 g/mol. The molecule has 2 rings (SSSR count). The molecule has 0 aliphatic heterocycles. The van der Waals surface area contributed by atoms with Gasteiger partial charge in [-0.25, -0.2) is 9.59 Å². The summed E-state index contributed by atoms with van der Waals surface area (Å²) >= 11 is 0. The van der Waals surface area contributed by atoms with Gasteiger partial charge < -0.3 is 20.1 Å². The molecule has 29 heavy (non-hydrogen) atoms. The molecular formula is C22H24O7. The van der Waals surface area contributed by atoms with Crippen LogP contribution in [0.4, 0.5) is 0 Å². The number of benzene rings is 2. The standard InChI is InChI=1S/C22H24O7/c1-2-3-4-5-6-11-17(24)19-18(13-12-15(20(19)25)21(26)27)29-22(28)14-9-7-8-10-16(14)23/h7-10,12-13,23,25H,2-6,11H2,1H3,(H,26,27). The number of esters is 1. The highest BCUT2D eigenvalue weighted by Crippen LogP contribution is 2.34. The van der Waals surface area contributed by atoms with Gasteiger partial charge in [-0.2, -0.15) is 0 Å². The first kappa shape index (κ1) is 21.9. The van der Waals surface area contributed by atoms with Crippen LogP contribution in [-0.4, -0.2) is 33.0 Å². The summed E-state index contributed by atoms with van der Waals surface area (Å²) in [5.74, 6) is -4.13. The number of carbonyl (C=O) groups is 3. The summed E-state index contributed by atoms with van der Waals surface area (Å²) < 4.78 is 5.22. The van der Waals surface area contributed by atoms with E-state index in [0.29, 0.717) is 6.42 Å². The van der Waals surface area contributed by atoms with E-state index in [1.807, 2.05) is 0 Å². The molecule has 0 bridgehead atoms. The highest BCUT2D eigenvalue weighted by molar-refractivity contribution is 6.06. The maximum atomic E-state index is 12.7. The van der Waals surface area contributed by atoms with Crippen LogP contribution in [0.25, 0.3) is 0 Å². The highest BCUT2D eigenvalue weighted by atomic mass is 16.5. The predicted molar refractivity (Wildman–Crippen MR) is 106 cm³/mol. The minimum Gasteiger partial charge on any atom is -0.507 e. The molecule has 0 fully saturated rings. The zero-order valence-corrected chi connectivity index (χ0v) is 16.2. The number of phenols is 2. The van der Waals surface area contributed by atoms with Gasteiger partial charge in [-0.05, 0) is 30.7 Å². The number of aromatic hydroxyl groups is 2. The van der Waals surface area contributed by atoms with Gasteiger partial charge in [-0.1, -0.05) is 44.7 Å². The Morgan fingerprint density at radius 3 is 2.24 bits per heavy atom. The fourth-order valence-corrected chi connectivity index (χ4v) is 2.91. The van der Waals surface area contributed by atoms with Crippen LogP contribution in [0.2, 0.25) is 0 Å². The first-order valence-corrected chi connectivity index (χ1v) is 9.49. The molecule has 3 N–H and O–H groups in total. The Balaban J connectivity index is 2.30. The van der Waals surface area contributed by atoms with Crippen LogP contribution in [0.15, 0.2) is 36.4 Å². The van der Waals surface area contributed by atoms with Gasteiger partial charge in [0.05, 0.1) is 0 Å². The molecule has 2 aromatic rings. The van der Waals surface area contributed by atoms with Crippen molar-refractivity contribution < 1.29 is 34.4 Å². The maximum Gasteiger partial charge on any atom is 0.347 e. The van der Waals surface area contributed by atoms with E-state index in [1.165, 1.54) is 24.3 Å². The van der Waals surface area contributed by atoms with Crippen LogP contribution in [0.3, 0.4) is 0 Å². The number of carboxylic acid groups (broad SMARTS) is 1. The van der Waals surface area contributed by atoms with E-state index in [2.05, 4.69) is 6.92 Å². The number of phenolic OH excluding ortho intramolecular Hbond substituents is 1. The van der Waals surface area contributed by atoms with Gasteiger partial charge in [-0.15, -0.1) is 0 Å². The lowest BCUT2D eigenvalue weighted by atomic mass is 9.99. The van der Waals surface area contributed by atoms with E-state index in [9.17, 15) is 29.7 Å². The molecule has 0 aromatic heterocycles. The highest BCUT2D eigenvalue weighted by Gasteiger charge is 2.25. The average Bonchev–Trinajstić information content (AvgIpc) is 2.67. The molecule has 0 atom stereocenters. The monoisotopic (exact) mass is 400 g/mol. The molecule has 154 valence electrons. The van der Waals surface area contributed by atoms with Crippen LogP contribution < -0.4 is 4.74 Å². The molecule has 0 saturated heterocycles. The van der Waals surface area contributed by atoms with Crippen molar-refractivity contribution in [1.82, 2.24) is 0 Å². The third kappa shape index (κ3) is 5.57. The lowest BCUT2D eigenvalue weighted by Gasteiger charge is -2.13. The number of hydrogen-bond acceptors (Lipinski definition) is 6. The van der Waals surface area contributed by atoms with Gasteiger partial charge in [0, 0.05) is 6.42 Å². The maximum absolute atomic E-state index is 12.7. The number of para-hydroxylation sites is 1. The van der Waals surface area contributed by atoms with Crippen LogP contribution in [0, 0.1) is 0 Å². The van der Waals surface area contributed by atoms with Crippen molar-refractivity contribution in [2.45, 2.75) is 45.4 Å². The third-order valence-electron chi connectivity index (χ3n) is 4.48. The predicted octanol–water partition coefficient (Wildman–Crippen LogP) is 4.56. The number of Topliss-reactive ketones (excluding diaryl/α,β-unsaturated/α-hetero) is 1. The fraction of sp³-hybridized carbons (Fsp3) is 0.318. The van der Waals surface area contributed by atoms with E-state index < -0.39 is 29.0 Å². The van der Waals surface area contributed by atoms with Crippen LogP contribution >= 0.6 is 0 Å². The van der Waals surface area contributed by atoms with E-state index in [0.717, 1.165) is 37.8 Å². The minimum atomic E-state index is -1.40. The lowest BCUT2D eigenvalue weighted by Crippen LogP contribution is -2.13. The summed E-state index contributed by atoms with van der Waals surface area (Å²) in [6.45, 7) is 2.08. The van der Waals surface area contributed by atoms with Crippen molar-refractivity contribution >= 4 is 17.7 Å². The molecule has 0 spiro atoms. The summed E-state index contributed by atoms with van der Waals surface area (Å²) in [5, 5.41) is 29.4. The summed E-state index contributed by atoms with van der Waals surface area (Å²) in [5.41, 5.74) is -0.918. The molecule has 0 amide bonds. The topological polar surface area (TPSA) is 121 Å². The number of aromatic carboxylic acids is 1. The Bertz CT molecular complexity index is 902. The van der Waals surface area contributed by atoms with Crippen molar-refractivity contribution in [2.75, 3.05) is 0 Å². The number of hydrogen-bond donors (Lipinski definition) is 3. The summed E-state index contributed by atoms with van der Waals surface area (Å²) in [7, 11) is 0. The van der Waals surface area contributed by atoms with Gasteiger partial charge >= 0.3 is 11.9 Å². The zero-order valence-electron chi connectivity index (χ0n) is 16.2. The van der Waals surface area contributed by atoms with Gasteiger partial charge in [0.1, 0.15) is 33.9 Å². The first-order valence-electron chi connectivity index (χ1n) is 9.49. The number of ether oxygens (including phenoxy) is 1. The van der Waals surface area contributed by atoms with E-state index in [1.54, 1.807) is 0 Å². The zero-order chi connectivity index (χ0) is 21.4. The number of carboxylic acids is 1. The molecule has 0 saturated carbocycles. The van der Waals surface area contributed by atoms with Crippen molar-refractivity contribution in [1.29, 1.82) is 0 Å². The molecule has 7 heteroatoms. The SMILES string of the molecule is CCCCCCCC(=O)c1c(OC(=O)c2ccccc2O)ccc(C(=O)O)c1O. The number of ketones is 1. The Labute approximate surface area is 168 Å². The Hall–Kier alpha value is -3.35. The van der Waals surface area contributed by atoms with E-state index in [-0.39, 0.29) is 29.0 Å². The largest absolute Gasteiger partial charge is 0.507 e. The third-order valence-corrected chi connectivity index (χ3v) is 4.48. The summed E-state index contributed by atoms with van der Waals surface area (Å²) in [4.78, 5) is 36.4. The van der Waals surface area contributed by atoms with Gasteiger partial charge in [0.25, 0.3) is 0 Å². The van der Waals surface area contributed by atoms with Crippen molar-refractivity contribution in [3.63, 3.8) is 0 Å². The molecule has 0 aliphatic rings. The van der Waals surface area contributed by atoms with Crippen LogP contribution in [0.5, 0.6) is 17.2 Å². The molecule has 7 nitrogen and oxygen atoms in total. The van der Waals surface area contributed by atoms with Crippen molar-refractivity contribution in [2.24, 2.45) is 0 Å². The van der Waals surface area contributed by atoms with Crippen molar-refractivity contribution in [3.8, 4) is 17.2 Å². The second-order valence-corrected chi connectivity index (χ2v) is 6.63. The number of carbonyl (C=O) groups excluding carboxylic acids is 2. The fourth-order valence-electron chi connectivity index (χ4n) is 2.91. The average molecular weight is 400 g/mol. The minimum absolute atomic E-state index is 0.0848. The number of unbranched alkanes of at least 4 members (excludes halogenated alkanes) is 4. The van der Waals surface area contributed by atoms with E-state index >= 15 is 0 Å². The van der Waals surface area contributed by atoms with Gasteiger partial charge in [-0.3, -0.25) is 4.79 Å². The normalized spacial score (nSPS) is 10.5. The van der Waals surface area contributed by atoms with Gasteiger partial charge in [0.15, 0.2) is 5.78 Å². The quantitative estimate of drug-likeness (QED) is 0.231. The second kappa shape index (κ2) is 10.3. The van der Waals surface area contributed by atoms with Gasteiger partial charge in [0.2, 0.25) is 0 Å². The van der Waals surface area contributed by atoms with Crippen molar-refractivity contribution in [3.05, 3.63) is 53.1 Å². The molecule has 0 heterocycles. The van der Waals surface area contributed by atoms with Crippen LogP contribution in [-0.2, 0) is 0 Å². The lowest BCUT2D eigenvalue weighted by molar-refractivity contribution is 0.0693. The molecule has 0 radical (unpaired) electrons. The molecule has 0 aliphatic carbocycles. The molecule has 2 aromatic carbocycles. The first-order chi connectivity index (χ1) is 13.9. The smallest absolute Gasteiger partial charge is 0.347 e.